The normalized spacial score (nSPS) is 11.1. The Morgan fingerprint density at radius 2 is 1.58 bits per heavy atom. The van der Waals surface area contributed by atoms with Gasteiger partial charge < -0.3 is 10.2 Å². The molecular weight excluding hydrogens is 324 g/mol. The Balaban J connectivity index is 2.03. The number of hydrogen-bond acceptors (Lipinski definition) is 2. The second kappa shape index (κ2) is 8.65. The molecule has 26 heavy (non-hydrogen) atoms. The van der Waals surface area contributed by atoms with Gasteiger partial charge in [0, 0.05) is 32.1 Å². The molecule has 0 spiro atoms. The Hall–Kier alpha value is -2.62. The van der Waals surface area contributed by atoms with Crippen LogP contribution in [0.25, 0.3) is 0 Å². The molecule has 0 heterocycles. The lowest BCUT2D eigenvalue weighted by Gasteiger charge is -2.29. The first-order chi connectivity index (χ1) is 12.3. The van der Waals surface area contributed by atoms with Crippen LogP contribution < -0.4 is 10.2 Å². The Morgan fingerprint density at radius 3 is 2.19 bits per heavy atom. The van der Waals surface area contributed by atoms with E-state index in [1.54, 1.807) is 11.8 Å². The summed E-state index contributed by atoms with van der Waals surface area (Å²) in [6.07, 6.45) is 0.269. The average molecular weight is 352 g/mol. The summed E-state index contributed by atoms with van der Waals surface area (Å²) < 4.78 is 0. The number of para-hydroxylation sites is 1. The molecule has 0 unspecified atom stereocenters. The number of carbonyl (C=O) groups excluding carboxylic acids is 2. The molecule has 0 aliphatic heterocycles. The van der Waals surface area contributed by atoms with Crippen LogP contribution in [0.2, 0.25) is 0 Å². The van der Waals surface area contributed by atoms with E-state index in [1.165, 1.54) is 0 Å². The third-order valence-electron chi connectivity index (χ3n) is 4.28. The second-order valence-electron chi connectivity index (χ2n) is 7.45. The predicted octanol–water partition coefficient (Wildman–Crippen LogP) is 4.04. The minimum absolute atomic E-state index is 0.0578. The average Bonchev–Trinajstić information content (AvgIpc) is 2.60. The molecule has 0 saturated heterocycles. The van der Waals surface area contributed by atoms with Crippen LogP contribution in [0.3, 0.4) is 0 Å². The molecule has 2 aromatic rings. The molecule has 4 nitrogen and oxygen atoms in total. The van der Waals surface area contributed by atoms with E-state index in [9.17, 15) is 9.59 Å². The number of carbonyl (C=O) groups is 2. The van der Waals surface area contributed by atoms with Crippen molar-refractivity contribution in [2.75, 3.05) is 11.4 Å². The lowest BCUT2D eigenvalue weighted by Crippen LogP contribution is -2.35. The van der Waals surface area contributed by atoms with Crippen molar-refractivity contribution < 1.29 is 9.59 Å². The monoisotopic (exact) mass is 352 g/mol. The molecule has 0 fully saturated rings. The molecule has 2 rings (SSSR count). The van der Waals surface area contributed by atoms with Crippen LogP contribution in [0.4, 0.5) is 5.69 Å². The van der Waals surface area contributed by atoms with Crippen molar-refractivity contribution in [3.63, 3.8) is 0 Å². The van der Waals surface area contributed by atoms with Gasteiger partial charge in [0.2, 0.25) is 11.8 Å². The summed E-state index contributed by atoms with van der Waals surface area (Å²) in [7, 11) is 0. The van der Waals surface area contributed by atoms with E-state index < -0.39 is 0 Å². The van der Waals surface area contributed by atoms with E-state index in [4.69, 9.17) is 0 Å². The fourth-order valence-electron chi connectivity index (χ4n) is 2.89. The number of nitrogens with zero attached hydrogens (tertiary/aromatic N) is 1. The quantitative estimate of drug-likeness (QED) is 0.853. The molecule has 4 heteroatoms. The van der Waals surface area contributed by atoms with Crippen LogP contribution >= 0.6 is 0 Å². The highest BCUT2D eigenvalue weighted by Crippen LogP contribution is 2.32. The van der Waals surface area contributed by atoms with Crippen LogP contribution in [0.15, 0.2) is 54.6 Å². The summed E-state index contributed by atoms with van der Waals surface area (Å²) in [6.45, 7) is 8.77. The molecule has 2 aromatic carbocycles. The number of anilines is 1. The zero-order valence-electron chi connectivity index (χ0n) is 16.1. The second-order valence-corrected chi connectivity index (χ2v) is 7.45. The van der Waals surface area contributed by atoms with Gasteiger partial charge in [-0.05, 0) is 22.6 Å². The molecule has 0 bridgehead atoms. The first-order valence-corrected chi connectivity index (χ1v) is 8.97. The summed E-state index contributed by atoms with van der Waals surface area (Å²) in [5.41, 5.74) is 2.95. The zero-order chi connectivity index (χ0) is 19.2. The van der Waals surface area contributed by atoms with E-state index >= 15 is 0 Å². The summed E-state index contributed by atoms with van der Waals surface area (Å²) in [6, 6.07) is 17.7. The standard InChI is InChI=1S/C22H28N2O2/c1-17(25)24(20-13-9-8-12-19(20)22(2,3)4)15-14-21(26)23-16-18-10-6-5-7-11-18/h5-13H,14-16H2,1-4H3,(H,23,26). The van der Waals surface area contributed by atoms with Gasteiger partial charge in [0.15, 0.2) is 0 Å². The van der Waals surface area contributed by atoms with Gasteiger partial charge in [0.05, 0.1) is 0 Å². The van der Waals surface area contributed by atoms with Gasteiger partial charge in [-0.1, -0.05) is 69.3 Å². The lowest BCUT2D eigenvalue weighted by atomic mass is 9.85. The van der Waals surface area contributed by atoms with Gasteiger partial charge in [-0.2, -0.15) is 0 Å². The molecule has 2 amide bonds. The van der Waals surface area contributed by atoms with E-state index in [2.05, 4.69) is 26.1 Å². The molecular formula is C22H28N2O2. The van der Waals surface area contributed by atoms with Gasteiger partial charge in [-0.3, -0.25) is 9.59 Å². The van der Waals surface area contributed by atoms with Crippen LogP contribution in [0, 0.1) is 0 Å². The Kier molecular flexibility index (Phi) is 6.56. The number of benzene rings is 2. The molecule has 0 aliphatic carbocycles. The first-order valence-electron chi connectivity index (χ1n) is 8.97. The van der Waals surface area contributed by atoms with Crippen LogP contribution in [0.5, 0.6) is 0 Å². The fraction of sp³-hybridized carbons (Fsp3) is 0.364. The van der Waals surface area contributed by atoms with Gasteiger partial charge in [-0.15, -0.1) is 0 Å². The molecule has 0 saturated carbocycles. The summed E-state index contributed by atoms with van der Waals surface area (Å²) in [5, 5.41) is 2.91. The first kappa shape index (κ1) is 19.7. The van der Waals surface area contributed by atoms with Crippen molar-refractivity contribution in [3.05, 3.63) is 65.7 Å². The number of hydrogen-bond donors (Lipinski definition) is 1. The third kappa shape index (κ3) is 5.45. The van der Waals surface area contributed by atoms with Crippen molar-refractivity contribution in [3.8, 4) is 0 Å². The van der Waals surface area contributed by atoms with Crippen molar-refractivity contribution in [2.45, 2.75) is 46.1 Å². The molecule has 138 valence electrons. The maximum atomic E-state index is 12.2. The molecule has 1 N–H and O–H groups in total. The van der Waals surface area contributed by atoms with Crippen molar-refractivity contribution in [1.29, 1.82) is 0 Å². The summed E-state index contributed by atoms with van der Waals surface area (Å²) in [4.78, 5) is 26.1. The summed E-state index contributed by atoms with van der Waals surface area (Å²) >= 11 is 0. The summed E-state index contributed by atoms with van der Waals surface area (Å²) in [5.74, 6) is -0.120. The minimum atomic E-state index is -0.0835. The van der Waals surface area contributed by atoms with Crippen molar-refractivity contribution >= 4 is 17.5 Å². The smallest absolute Gasteiger partial charge is 0.223 e. The predicted molar refractivity (Wildman–Crippen MR) is 106 cm³/mol. The minimum Gasteiger partial charge on any atom is -0.352 e. The topological polar surface area (TPSA) is 49.4 Å². The highest BCUT2D eigenvalue weighted by molar-refractivity contribution is 5.93. The largest absolute Gasteiger partial charge is 0.352 e. The Labute approximate surface area is 156 Å². The van der Waals surface area contributed by atoms with Crippen molar-refractivity contribution in [1.82, 2.24) is 5.32 Å². The van der Waals surface area contributed by atoms with E-state index in [-0.39, 0.29) is 23.7 Å². The third-order valence-corrected chi connectivity index (χ3v) is 4.28. The molecule has 0 aromatic heterocycles. The highest BCUT2D eigenvalue weighted by atomic mass is 16.2. The van der Waals surface area contributed by atoms with Gasteiger partial charge in [0.25, 0.3) is 0 Å². The molecule has 0 radical (unpaired) electrons. The molecule has 0 aliphatic rings. The van der Waals surface area contributed by atoms with E-state index in [0.717, 1.165) is 16.8 Å². The maximum Gasteiger partial charge on any atom is 0.223 e. The number of amides is 2. The van der Waals surface area contributed by atoms with Gasteiger partial charge in [-0.25, -0.2) is 0 Å². The van der Waals surface area contributed by atoms with Gasteiger partial charge in [0.1, 0.15) is 0 Å². The molecule has 0 atom stereocenters. The zero-order valence-corrected chi connectivity index (χ0v) is 16.1. The SMILES string of the molecule is CC(=O)N(CCC(=O)NCc1ccccc1)c1ccccc1C(C)(C)C. The number of rotatable bonds is 6. The Bertz CT molecular complexity index is 748. The van der Waals surface area contributed by atoms with Gasteiger partial charge >= 0.3 is 0 Å². The van der Waals surface area contributed by atoms with E-state index in [0.29, 0.717) is 13.1 Å². The number of nitrogens with one attached hydrogen (secondary N) is 1. The van der Waals surface area contributed by atoms with Crippen LogP contribution in [0.1, 0.15) is 45.2 Å². The van der Waals surface area contributed by atoms with Crippen LogP contribution in [-0.2, 0) is 21.5 Å². The van der Waals surface area contributed by atoms with Crippen molar-refractivity contribution in [2.24, 2.45) is 0 Å². The van der Waals surface area contributed by atoms with Crippen LogP contribution in [-0.4, -0.2) is 18.4 Å². The lowest BCUT2D eigenvalue weighted by molar-refractivity contribution is -0.121. The maximum absolute atomic E-state index is 12.2. The highest BCUT2D eigenvalue weighted by Gasteiger charge is 2.23. The van der Waals surface area contributed by atoms with E-state index in [1.807, 2.05) is 54.6 Å². The fourth-order valence-corrected chi connectivity index (χ4v) is 2.89. The Morgan fingerprint density at radius 1 is 0.962 bits per heavy atom.